The van der Waals surface area contributed by atoms with Crippen molar-refractivity contribution in [3.8, 4) is 0 Å². The lowest BCUT2D eigenvalue weighted by atomic mass is 9.89. The van der Waals surface area contributed by atoms with Crippen LogP contribution in [0.1, 0.15) is 25.0 Å². The molecule has 1 saturated heterocycles. The number of carbonyl (C=O) groups is 2. The molecule has 1 heterocycles. The molecule has 0 atom stereocenters. The number of aryl methyl sites for hydroxylation is 1. The van der Waals surface area contributed by atoms with E-state index in [4.69, 9.17) is 0 Å². The summed E-state index contributed by atoms with van der Waals surface area (Å²) in [5.74, 6) is -0.383. The lowest BCUT2D eigenvalue weighted by Crippen LogP contribution is -2.54. The van der Waals surface area contributed by atoms with Gasteiger partial charge in [-0.2, -0.15) is 0 Å². The van der Waals surface area contributed by atoms with E-state index in [9.17, 15) is 9.59 Å². The molecule has 2 aromatic rings. The van der Waals surface area contributed by atoms with Gasteiger partial charge in [0, 0.05) is 38.4 Å². The smallest absolute Gasteiger partial charge is 0.239 e. The Balaban J connectivity index is 1.56. The monoisotopic (exact) mass is 379 g/mol. The molecule has 1 fully saturated rings. The van der Waals surface area contributed by atoms with E-state index in [1.807, 2.05) is 54.3 Å². The Labute approximate surface area is 167 Å². The lowest BCUT2D eigenvalue weighted by molar-refractivity contribution is -0.147. The molecule has 5 heteroatoms. The fraction of sp³-hybridized carbons (Fsp3) is 0.391. The third-order valence-corrected chi connectivity index (χ3v) is 5.29. The number of nitrogens with one attached hydrogen (secondary N) is 1. The molecule has 2 aromatic carbocycles. The van der Waals surface area contributed by atoms with E-state index in [1.165, 1.54) is 5.56 Å². The summed E-state index contributed by atoms with van der Waals surface area (Å²) in [6, 6.07) is 18.0. The van der Waals surface area contributed by atoms with Crippen LogP contribution >= 0.6 is 0 Å². The second kappa shape index (κ2) is 8.57. The zero-order valence-electron chi connectivity index (χ0n) is 16.9. The molecule has 3 rings (SSSR count). The van der Waals surface area contributed by atoms with Crippen LogP contribution < -0.4 is 5.32 Å². The van der Waals surface area contributed by atoms with Gasteiger partial charge in [0.15, 0.2) is 0 Å². The van der Waals surface area contributed by atoms with Gasteiger partial charge in [0.05, 0.1) is 0 Å². The Morgan fingerprint density at radius 3 is 2.29 bits per heavy atom. The van der Waals surface area contributed by atoms with Gasteiger partial charge in [-0.3, -0.25) is 14.5 Å². The Morgan fingerprint density at radius 1 is 0.964 bits per heavy atom. The third-order valence-electron chi connectivity index (χ3n) is 5.29. The predicted octanol–water partition coefficient (Wildman–Crippen LogP) is 3.30. The topological polar surface area (TPSA) is 52.7 Å². The van der Waals surface area contributed by atoms with Crippen LogP contribution in [0.2, 0.25) is 0 Å². The Kier molecular flexibility index (Phi) is 6.15. The van der Waals surface area contributed by atoms with Crippen molar-refractivity contribution in [1.82, 2.24) is 9.80 Å². The molecule has 148 valence electrons. The second-order valence-electron chi connectivity index (χ2n) is 8.00. The van der Waals surface area contributed by atoms with Gasteiger partial charge in [0.1, 0.15) is 5.41 Å². The zero-order valence-corrected chi connectivity index (χ0v) is 16.9. The highest BCUT2D eigenvalue weighted by molar-refractivity contribution is 6.09. The van der Waals surface area contributed by atoms with E-state index in [0.29, 0.717) is 13.1 Å². The number of nitrogens with zero attached hydrogens (tertiary/aromatic N) is 2. The average molecular weight is 380 g/mol. The van der Waals surface area contributed by atoms with Crippen molar-refractivity contribution in [2.75, 3.05) is 31.5 Å². The number of rotatable bonds is 5. The first-order valence-corrected chi connectivity index (χ1v) is 9.80. The summed E-state index contributed by atoms with van der Waals surface area (Å²) < 4.78 is 0. The number of piperazine rings is 1. The second-order valence-corrected chi connectivity index (χ2v) is 8.00. The molecule has 5 nitrogen and oxygen atoms in total. The average Bonchev–Trinajstić information content (AvgIpc) is 2.69. The number of hydrogen-bond acceptors (Lipinski definition) is 3. The maximum Gasteiger partial charge on any atom is 0.239 e. The number of amides is 2. The predicted molar refractivity (Wildman–Crippen MR) is 112 cm³/mol. The maximum atomic E-state index is 13.0. The molecule has 1 N–H and O–H groups in total. The molecule has 0 unspecified atom stereocenters. The summed E-state index contributed by atoms with van der Waals surface area (Å²) in [7, 11) is 0. The molecule has 2 amide bonds. The van der Waals surface area contributed by atoms with Gasteiger partial charge < -0.3 is 10.2 Å². The van der Waals surface area contributed by atoms with Crippen LogP contribution in [-0.2, 0) is 16.1 Å². The highest BCUT2D eigenvalue weighted by atomic mass is 16.2. The van der Waals surface area contributed by atoms with Crippen molar-refractivity contribution in [3.63, 3.8) is 0 Å². The molecule has 1 aliphatic rings. The fourth-order valence-electron chi connectivity index (χ4n) is 3.45. The first-order valence-electron chi connectivity index (χ1n) is 9.80. The van der Waals surface area contributed by atoms with Crippen molar-refractivity contribution >= 4 is 17.5 Å². The Morgan fingerprint density at radius 2 is 1.64 bits per heavy atom. The minimum Gasteiger partial charge on any atom is -0.339 e. The van der Waals surface area contributed by atoms with Crippen molar-refractivity contribution in [3.05, 3.63) is 65.7 Å². The van der Waals surface area contributed by atoms with Crippen LogP contribution in [0.25, 0.3) is 0 Å². The van der Waals surface area contributed by atoms with Crippen molar-refractivity contribution in [1.29, 1.82) is 0 Å². The molecule has 0 spiro atoms. The minimum absolute atomic E-state index is 0.114. The summed E-state index contributed by atoms with van der Waals surface area (Å²) >= 11 is 0. The van der Waals surface area contributed by atoms with Crippen molar-refractivity contribution < 1.29 is 9.59 Å². The highest BCUT2D eigenvalue weighted by Crippen LogP contribution is 2.23. The molecule has 0 aromatic heterocycles. The summed E-state index contributed by atoms with van der Waals surface area (Å²) in [5, 5.41) is 2.89. The van der Waals surface area contributed by atoms with E-state index >= 15 is 0 Å². The molecule has 0 aliphatic carbocycles. The summed E-state index contributed by atoms with van der Waals surface area (Å²) in [6.07, 6.45) is 0. The molecular formula is C23H29N3O2. The minimum atomic E-state index is -1.11. The Bertz CT molecular complexity index is 825. The normalized spacial score (nSPS) is 15.3. The number of anilines is 1. The van der Waals surface area contributed by atoms with Crippen LogP contribution in [0.15, 0.2) is 54.6 Å². The molecule has 0 saturated carbocycles. The lowest BCUT2D eigenvalue weighted by Gasteiger charge is -2.38. The van der Waals surface area contributed by atoms with Gasteiger partial charge >= 0.3 is 0 Å². The third kappa shape index (κ3) is 4.78. The van der Waals surface area contributed by atoms with Crippen LogP contribution in [0.3, 0.4) is 0 Å². The quantitative estimate of drug-likeness (QED) is 0.811. The van der Waals surface area contributed by atoms with Gasteiger partial charge in [-0.05, 0) is 44.0 Å². The first kappa shape index (κ1) is 20.1. The van der Waals surface area contributed by atoms with Gasteiger partial charge in [0.2, 0.25) is 11.8 Å². The van der Waals surface area contributed by atoms with Crippen LogP contribution in [-0.4, -0.2) is 47.8 Å². The van der Waals surface area contributed by atoms with E-state index in [0.717, 1.165) is 30.9 Å². The van der Waals surface area contributed by atoms with Crippen LogP contribution in [0, 0.1) is 12.3 Å². The molecule has 28 heavy (non-hydrogen) atoms. The van der Waals surface area contributed by atoms with E-state index in [-0.39, 0.29) is 11.8 Å². The summed E-state index contributed by atoms with van der Waals surface area (Å²) in [4.78, 5) is 30.0. The van der Waals surface area contributed by atoms with E-state index in [1.54, 1.807) is 13.8 Å². The van der Waals surface area contributed by atoms with E-state index in [2.05, 4.69) is 22.3 Å². The molecule has 0 radical (unpaired) electrons. The molecular weight excluding hydrogens is 350 g/mol. The molecule has 0 bridgehead atoms. The first-order chi connectivity index (χ1) is 13.4. The number of benzene rings is 2. The SMILES string of the molecule is Cc1cccc(NC(=O)C(C)(C)C(=O)N2CCN(Cc3ccccc3)CC2)c1. The van der Waals surface area contributed by atoms with Gasteiger partial charge in [0.25, 0.3) is 0 Å². The largest absolute Gasteiger partial charge is 0.339 e. The standard InChI is InChI=1S/C23H29N3O2/c1-18-8-7-11-20(16-18)24-21(27)23(2,3)22(28)26-14-12-25(13-15-26)17-19-9-5-4-6-10-19/h4-11,16H,12-15,17H2,1-3H3,(H,24,27). The fourth-order valence-corrected chi connectivity index (χ4v) is 3.45. The van der Waals surface area contributed by atoms with E-state index < -0.39 is 5.41 Å². The zero-order chi connectivity index (χ0) is 20.1. The van der Waals surface area contributed by atoms with Gasteiger partial charge in [-0.1, -0.05) is 42.5 Å². The van der Waals surface area contributed by atoms with Crippen LogP contribution in [0.5, 0.6) is 0 Å². The van der Waals surface area contributed by atoms with Gasteiger partial charge in [-0.15, -0.1) is 0 Å². The number of carbonyl (C=O) groups excluding carboxylic acids is 2. The van der Waals surface area contributed by atoms with Gasteiger partial charge in [-0.25, -0.2) is 0 Å². The maximum absolute atomic E-state index is 13.0. The van der Waals surface area contributed by atoms with Crippen LogP contribution in [0.4, 0.5) is 5.69 Å². The summed E-state index contributed by atoms with van der Waals surface area (Å²) in [6.45, 7) is 9.20. The molecule has 1 aliphatic heterocycles. The Hall–Kier alpha value is -2.66. The van der Waals surface area contributed by atoms with Crippen molar-refractivity contribution in [2.45, 2.75) is 27.3 Å². The highest BCUT2D eigenvalue weighted by Gasteiger charge is 2.40. The summed E-state index contributed by atoms with van der Waals surface area (Å²) in [5.41, 5.74) is 1.96. The number of hydrogen-bond donors (Lipinski definition) is 1. The van der Waals surface area contributed by atoms with Crippen molar-refractivity contribution in [2.24, 2.45) is 5.41 Å².